The predicted octanol–water partition coefficient (Wildman–Crippen LogP) is 0.687. The standard InChI is InChI=1S/C16H14F3N3O2S.CH2O3.Ca/c1-10-13(20-7-6-14(10)24-9-16(17,18)19)8-25(23)15-21-11-4-2-3-5-12(11)22-15;2-1(3)4;/h2-7H,8-9H2,1H3,(H,21,22);(H2,2,3,4);/q;;+2/p-2. The van der Waals surface area contributed by atoms with Crippen molar-refractivity contribution in [2.45, 2.75) is 24.0 Å². The number of hydrogen-bond acceptors (Lipinski definition) is 7. The number of carboxylic acid groups (broad SMARTS) is 2. The van der Waals surface area contributed by atoms with Gasteiger partial charge in [0, 0.05) is 11.8 Å². The summed E-state index contributed by atoms with van der Waals surface area (Å²) in [7, 11) is -1.51. The Labute approximate surface area is 200 Å². The smallest absolute Gasteiger partial charge is 0.652 e. The van der Waals surface area contributed by atoms with Gasteiger partial charge in [0.1, 0.15) is 5.75 Å². The molecule has 30 heavy (non-hydrogen) atoms. The number of pyridine rings is 1. The number of imidazole rings is 1. The molecule has 2 aromatic heterocycles. The molecule has 1 N–H and O–H groups in total. The molecule has 2 heterocycles. The van der Waals surface area contributed by atoms with Crippen molar-refractivity contribution in [3.05, 3.63) is 47.8 Å². The fourth-order valence-electron chi connectivity index (χ4n) is 2.25. The van der Waals surface area contributed by atoms with Gasteiger partial charge in [-0.05, 0) is 31.3 Å². The van der Waals surface area contributed by atoms with Gasteiger partial charge in [-0.3, -0.25) is 9.19 Å². The second-order valence-corrected chi connectivity index (χ2v) is 6.95. The zero-order chi connectivity index (χ0) is 21.6. The monoisotopic (exact) mass is 469 g/mol. The van der Waals surface area contributed by atoms with E-state index in [0.717, 1.165) is 5.52 Å². The quantitative estimate of drug-likeness (QED) is 0.544. The molecule has 0 amide bonds. The topological polar surface area (TPSA) is 131 Å². The van der Waals surface area contributed by atoms with Crippen molar-refractivity contribution >= 4 is 65.7 Å². The van der Waals surface area contributed by atoms with Crippen LogP contribution >= 0.6 is 0 Å². The Morgan fingerprint density at radius 3 is 2.47 bits per heavy atom. The van der Waals surface area contributed by atoms with E-state index in [4.69, 9.17) is 19.7 Å². The largest absolute Gasteiger partial charge is 2.00 e. The molecule has 1 aromatic carbocycles. The van der Waals surface area contributed by atoms with Gasteiger partial charge in [-0.25, -0.2) is 4.98 Å². The number of carbonyl (C=O) groups is 1. The molecule has 13 heteroatoms. The number of nitrogens with zero attached hydrogens (tertiary/aromatic N) is 2. The van der Waals surface area contributed by atoms with Crippen LogP contribution in [0.25, 0.3) is 11.0 Å². The van der Waals surface area contributed by atoms with Crippen molar-refractivity contribution in [3.8, 4) is 5.75 Å². The first-order valence-electron chi connectivity index (χ1n) is 7.92. The van der Waals surface area contributed by atoms with Crippen molar-refractivity contribution in [2.75, 3.05) is 6.61 Å². The van der Waals surface area contributed by atoms with Crippen LogP contribution in [-0.2, 0) is 16.6 Å². The van der Waals surface area contributed by atoms with Crippen molar-refractivity contribution < 1.29 is 37.1 Å². The summed E-state index contributed by atoms with van der Waals surface area (Å²) >= 11 is 0. The molecule has 0 aliphatic rings. The first kappa shape index (κ1) is 26.1. The van der Waals surface area contributed by atoms with Crippen molar-refractivity contribution in [1.82, 2.24) is 15.0 Å². The number of nitrogens with one attached hydrogen (secondary N) is 1. The molecule has 1 atom stereocenters. The van der Waals surface area contributed by atoms with Crippen LogP contribution in [-0.4, -0.2) is 75.8 Å². The fraction of sp³-hybridized carbons (Fsp3) is 0.235. The number of halogens is 3. The third-order valence-electron chi connectivity index (χ3n) is 3.50. The van der Waals surface area contributed by atoms with Gasteiger partial charge in [0.05, 0.1) is 33.3 Å². The Morgan fingerprint density at radius 2 is 1.87 bits per heavy atom. The van der Waals surface area contributed by atoms with Crippen LogP contribution in [0, 0.1) is 6.92 Å². The van der Waals surface area contributed by atoms with Crippen molar-refractivity contribution in [2.24, 2.45) is 0 Å². The molecule has 156 valence electrons. The summed E-state index contributed by atoms with van der Waals surface area (Å²) in [6.45, 7) is 0.202. The van der Waals surface area contributed by atoms with Gasteiger partial charge in [-0.2, -0.15) is 13.2 Å². The molecule has 0 spiro atoms. The molecule has 0 fully saturated rings. The minimum Gasteiger partial charge on any atom is -0.652 e. The molecular weight excluding hydrogens is 455 g/mol. The first-order valence-corrected chi connectivity index (χ1v) is 9.24. The van der Waals surface area contributed by atoms with Gasteiger partial charge in [0.15, 0.2) is 11.8 Å². The fourth-order valence-corrected chi connectivity index (χ4v) is 3.35. The molecule has 0 aliphatic carbocycles. The number of fused-ring (bicyclic) bond motifs is 1. The maximum absolute atomic E-state index is 12.5. The number of para-hydroxylation sites is 2. The Kier molecular flexibility index (Phi) is 10.0. The number of H-pyrrole nitrogens is 1. The number of hydrogen-bond donors (Lipinski definition) is 1. The molecule has 0 saturated carbocycles. The van der Waals surface area contributed by atoms with E-state index in [1.165, 1.54) is 12.3 Å². The molecule has 8 nitrogen and oxygen atoms in total. The van der Waals surface area contributed by atoms with Gasteiger partial charge < -0.3 is 24.7 Å². The summed E-state index contributed by atoms with van der Waals surface area (Å²) in [5.74, 6) is 0.0958. The third-order valence-corrected chi connectivity index (χ3v) is 4.66. The van der Waals surface area contributed by atoms with Gasteiger partial charge in [0.2, 0.25) is 0 Å². The molecule has 0 aliphatic heterocycles. The summed E-state index contributed by atoms with van der Waals surface area (Å²) < 4.78 is 54.2. The predicted molar refractivity (Wildman–Crippen MR) is 97.9 cm³/mol. The Bertz CT molecular complexity index is 992. The zero-order valence-electron chi connectivity index (χ0n) is 15.6. The number of carbonyl (C=O) groups excluding carboxylic acids is 1. The number of ether oxygens (including phenoxy) is 1. The molecule has 0 saturated heterocycles. The molecule has 3 rings (SSSR count). The Balaban J connectivity index is 0.000000827. The van der Waals surface area contributed by atoms with Crippen LogP contribution < -0.4 is 14.9 Å². The average Bonchev–Trinajstić information content (AvgIpc) is 3.05. The van der Waals surface area contributed by atoms with Crippen LogP contribution in [0.1, 0.15) is 11.3 Å². The molecule has 0 radical (unpaired) electrons. The second-order valence-electron chi connectivity index (χ2n) is 5.58. The summed E-state index contributed by atoms with van der Waals surface area (Å²) in [5, 5.41) is 17.0. The average molecular weight is 469 g/mol. The van der Waals surface area contributed by atoms with Crippen LogP contribution in [0.5, 0.6) is 5.75 Å². The van der Waals surface area contributed by atoms with Crippen LogP contribution in [0.2, 0.25) is 0 Å². The van der Waals surface area contributed by atoms with E-state index < -0.39 is 29.7 Å². The maximum atomic E-state index is 12.5. The van der Waals surface area contributed by atoms with E-state index in [-0.39, 0.29) is 49.2 Å². The van der Waals surface area contributed by atoms with E-state index in [0.29, 0.717) is 21.9 Å². The minimum absolute atomic E-state index is 0. The number of aromatic nitrogens is 3. The minimum atomic E-state index is -4.42. The van der Waals surface area contributed by atoms with E-state index in [2.05, 4.69) is 15.0 Å². The van der Waals surface area contributed by atoms with Crippen molar-refractivity contribution in [1.29, 1.82) is 0 Å². The van der Waals surface area contributed by atoms with Gasteiger partial charge in [0.25, 0.3) is 0 Å². The summed E-state index contributed by atoms with van der Waals surface area (Å²) in [6.07, 6.45) is -5.42. The van der Waals surface area contributed by atoms with Gasteiger partial charge in [-0.15, -0.1) is 0 Å². The summed E-state index contributed by atoms with van der Waals surface area (Å²) in [6, 6.07) is 8.62. The van der Waals surface area contributed by atoms with E-state index >= 15 is 0 Å². The molecule has 0 bridgehead atoms. The SMILES string of the molecule is Cc1c(OCC(F)(F)F)ccnc1CS(=O)c1nc2ccccc2[nH]1.O=C([O-])[O-].[Ca+2]. The molecular formula is C17H14CaF3N3O5S. The molecule has 1 unspecified atom stereocenters. The van der Waals surface area contributed by atoms with Crippen molar-refractivity contribution in [3.63, 3.8) is 0 Å². The Hall–Kier alpha value is -1.89. The van der Waals surface area contributed by atoms with E-state index in [1.807, 2.05) is 18.2 Å². The summed E-state index contributed by atoms with van der Waals surface area (Å²) in [5.41, 5.74) is 2.28. The normalized spacial score (nSPS) is 11.7. The van der Waals surface area contributed by atoms with Crippen LogP contribution in [0.4, 0.5) is 18.0 Å². The number of rotatable bonds is 5. The first-order chi connectivity index (χ1) is 13.6. The van der Waals surface area contributed by atoms with Crippen LogP contribution in [0.3, 0.4) is 0 Å². The Morgan fingerprint density at radius 1 is 1.23 bits per heavy atom. The van der Waals surface area contributed by atoms with Gasteiger partial charge in [-0.1, -0.05) is 12.1 Å². The molecule has 3 aromatic rings. The second kappa shape index (κ2) is 11.5. The zero-order valence-corrected chi connectivity index (χ0v) is 18.6. The van der Waals surface area contributed by atoms with Crippen LogP contribution in [0.15, 0.2) is 41.7 Å². The van der Waals surface area contributed by atoms with E-state index in [9.17, 15) is 17.4 Å². The maximum Gasteiger partial charge on any atom is 2.00 e. The van der Waals surface area contributed by atoms with Gasteiger partial charge >= 0.3 is 43.9 Å². The number of alkyl halides is 3. The number of aromatic amines is 1. The number of benzene rings is 1. The summed E-state index contributed by atoms with van der Waals surface area (Å²) in [4.78, 5) is 19.7. The van der Waals surface area contributed by atoms with E-state index in [1.54, 1.807) is 13.0 Å². The third kappa shape index (κ3) is 8.09.